The molecule has 54 valence electrons. The van der Waals surface area contributed by atoms with Crippen LogP contribution in [0, 0.1) is 0 Å². The normalized spacial score (nSPS) is 6.89. The molecule has 0 rings (SSSR count). The topological polar surface area (TPSA) is 26.3 Å². The Balaban J connectivity index is 0. The number of carbonyl (C=O) groups is 1. The first-order chi connectivity index (χ1) is 4.33. The average molecular weight is 130 g/mol. The molecule has 0 aliphatic heterocycles. The standard InChI is InChI=1S/C4H10O.C3H4O/c1-3-5-4-2;1-2-3-4/h3-4H2,1-2H3;2-3H,1H2. The number of hydrogen-bond acceptors (Lipinski definition) is 2. The van der Waals surface area contributed by atoms with Crippen molar-refractivity contribution in [1.29, 1.82) is 0 Å². The molecule has 0 aliphatic carbocycles. The molecule has 0 fully saturated rings. The zero-order valence-corrected chi connectivity index (χ0v) is 6.09. The second kappa shape index (κ2) is 15.7. The number of aldehydes is 1. The van der Waals surface area contributed by atoms with Crippen LogP contribution in [0.4, 0.5) is 0 Å². The van der Waals surface area contributed by atoms with Crippen LogP contribution in [0.15, 0.2) is 12.7 Å². The number of rotatable bonds is 3. The van der Waals surface area contributed by atoms with Gasteiger partial charge in [-0.1, -0.05) is 6.58 Å². The molecule has 0 spiro atoms. The first-order valence-electron chi connectivity index (χ1n) is 2.97. The van der Waals surface area contributed by atoms with Crippen molar-refractivity contribution in [3.8, 4) is 0 Å². The van der Waals surface area contributed by atoms with Crippen LogP contribution in [-0.4, -0.2) is 19.5 Å². The maximum Gasteiger partial charge on any atom is 0.142 e. The third-order valence-corrected chi connectivity index (χ3v) is 0.504. The number of ether oxygens (including phenoxy) is 1. The largest absolute Gasteiger partial charge is 0.382 e. The molecule has 0 radical (unpaired) electrons. The Morgan fingerprint density at radius 1 is 1.44 bits per heavy atom. The van der Waals surface area contributed by atoms with Gasteiger partial charge in [0.25, 0.3) is 0 Å². The number of hydrogen-bond donors (Lipinski definition) is 0. The van der Waals surface area contributed by atoms with Crippen molar-refractivity contribution < 1.29 is 9.53 Å². The summed E-state index contributed by atoms with van der Waals surface area (Å²) in [6.45, 7) is 8.78. The lowest BCUT2D eigenvalue weighted by Crippen LogP contribution is -1.84. The molecular weight excluding hydrogens is 116 g/mol. The second-order valence-electron chi connectivity index (χ2n) is 1.15. The summed E-state index contributed by atoms with van der Waals surface area (Å²) in [5.74, 6) is 0. The minimum absolute atomic E-state index is 0.639. The van der Waals surface area contributed by atoms with Crippen molar-refractivity contribution in [2.24, 2.45) is 0 Å². The van der Waals surface area contributed by atoms with Crippen LogP contribution in [-0.2, 0) is 9.53 Å². The minimum atomic E-state index is 0.639. The molecule has 0 unspecified atom stereocenters. The third-order valence-electron chi connectivity index (χ3n) is 0.504. The smallest absolute Gasteiger partial charge is 0.142 e. The summed E-state index contributed by atoms with van der Waals surface area (Å²) in [5.41, 5.74) is 0. The van der Waals surface area contributed by atoms with E-state index in [0.29, 0.717) is 6.29 Å². The Morgan fingerprint density at radius 2 is 1.78 bits per heavy atom. The fraction of sp³-hybridized carbons (Fsp3) is 0.571. The van der Waals surface area contributed by atoms with Gasteiger partial charge in [-0.2, -0.15) is 0 Å². The highest BCUT2D eigenvalue weighted by Crippen LogP contribution is 1.64. The van der Waals surface area contributed by atoms with Gasteiger partial charge in [-0.3, -0.25) is 4.79 Å². The van der Waals surface area contributed by atoms with Crippen molar-refractivity contribution in [1.82, 2.24) is 0 Å². The molecule has 0 aliphatic rings. The van der Waals surface area contributed by atoms with Crippen LogP contribution < -0.4 is 0 Å². The zero-order chi connectivity index (χ0) is 7.54. The Bertz CT molecular complexity index is 51.9. The van der Waals surface area contributed by atoms with Crippen LogP contribution in [0.2, 0.25) is 0 Å². The summed E-state index contributed by atoms with van der Waals surface area (Å²) in [4.78, 5) is 9.06. The fourth-order valence-electron chi connectivity index (χ4n) is 0.204. The van der Waals surface area contributed by atoms with Crippen LogP contribution in [0.1, 0.15) is 13.8 Å². The molecule has 0 aromatic heterocycles. The molecule has 0 aromatic rings. The quantitative estimate of drug-likeness (QED) is 0.426. The molecule has 0 bridgehead atoms. The lowest BCUT2D eigenvalue weighted by atomic mass is 10.8. The molecule has 0 N–H and O–H groups in total. The van der Waals surface area contributed by atoms with Gasteiger partial charge in [-0.05, 0) is 19.9 Å². The monoisotopic (exact) mass is 130 g/mol. The Kier molecular flexibility index (Phi) is 19.5. The summed E-state index contributed by atoms with van der Waals surface area (Å²) in [6.07, 6.45) is 1.83. The van der Waals surface area contributed by atoms with E-state index in [0.717, 1.165) is 13.2 Å². The molecule has 0 amide bonds. The van der Waals surface area contributed by atoms with Gasteiger partial charge in [0.2, 0.25) is 0 Å². The summed E-state index contributed by atoms with van der Waals surface area (Å²) in [5, 5.41) is 0. The average Bonchev–Trinajstić information content (AvgIpc) is 1.91. The van der Waals surface area contributed by atoms with Gasteiger partial charge < -0.3 is 4.74 Å². The Labute approximate surface area is 56.5 Å². The van der Waals surface area contributed by atoms with Gasteiger partial charge in [0.1, 0.15) is 6.29 Å². The van der Waals surface area contributed by atoms with Crippen molar-refractivity contribution in [3.05, 3.63) is 12.7 Å². The van der Waals surface area contributed by atoms with Gasteiger partial charge in [-0.15, -0.1) is 0 Å². The van der Waals surface area contributed by atoms with Crippen LogP contribution in [0.3, 0.4) is 0 Å². The predicted molar refractivity (Wildman–Crippen MR) is 38.4 cm³/mol. The third kappa shape index (κ3) is 37.8. The van der Waals surface area contributed by atoms with Crippen molar-refractivity contribution in [2.75, 3.05) is 13.2 Å². The molecule has 9 heavy (non-hydrogen) atoms. The van der Waals surface area contributed by atoms with Crippen molar-refractivity contribution in [3.63, 3.8) is 0 Å². The highest BCUT2D eigenvalue weighted by atomic mass is 16.5. The van der Waals surface area contributed by atoms with Crippen molar-refractivity contribution in [2.45, 2.75) is 13.8 Å². The lowest BCUT2D eigenvalue weighted by Gasteiger charge is -1.86. The SMILES string of the molecule is C=CC=O.CCOCC. The lowest BCUT2D eigenvalue weighted by molar-refractivity contribution is -0.104. The summed E-state index contributed by atoms with van der Waals surface area (Å²) in [7, 11) is 0. The molecule has 2 heteroatoms. The molecule has 0 atom stereocenters. The van der Waals surface area contributed by atoms with E-state index in [-0.39, 0.29) is 0 Å². The second-order valence-corrected chi connectivity index (χ2v) is 1.15. The molecule has 0 aromatic carbocycles. The molecule has 0 saturated heterocycles. The molecule has 0 heterocycles. The maximum atomic E-state index is 9.06. The Hall–Kier alpha value is -0.630. The van der Waals surface area contributed by atoms with Gasteiger partial charge in [0.05, 0.1) is 0 Å². The van der Waals surface area contributed by atoms with Crippen LogP contribution in [0.25, 0.3) is 0 Å². The summed E-state index contributed by atoms with van der Waals surface area (Å²) < 4.78 is 4.83. The van der Waals surface area contributed by atoms with E-state index >= 15 is 0 Å². The van der Waals surface area contributed by atoms with Gasteiger partial charge in [-0.25, -0.2) is 0 Å². The first-order valence-corrected chi connectivity index (χ1v) is 2.97. The minimum Gasteiger partial charge on any atom is -0.382 e. The first kappa shape index (κ1) is 11.2. The predicted octanol–water partition coefficient (Wildman–Crippen LogP) is 1.41. The Morgan fingerprint density at radius 3 is 1.78 bits per heavy atom. The number of carbonyl (C=O) groups excluding carboxylic acids is 1. The highest BCUT2D eigenvalue weighted by Gasteiger charge is 1.64. The van der Waals surface area contributed by atoms with E-state index in [9.17, 15) is 0 Å². The van der Waals surface area contributed by atoms with E-state index in [2.05, 4.69) is 6.58 Å². The van der Waals surface area contributed by atoms with Gasteiger partial charge >= 0.3 is 0 Å². The fourth-order valence-corrected chi connectivity index (χ4v) is 0.204. The maximum absolute atomic E-state index is 9.06. The summed E-state index contributed by atoms with van der Waals surface area (Å²) in [6, 6.07) is 0. The zero-order valence-electron chi connectivity index (χ0n) is 6.09. The van der Waals surface area contributed by atoms with E-state index in [1.54, 1.807) is 0 Å². The van der Waals surface area contributed by atoms with E-state index < -0.39 is 0 Å². The van der Waals surface area contributed by atoms with E-state index in [1.807, 2.05) is 13.8 Å². The summed E-state index contributed by atoms with van der Waals surface area (Å²) >= 11 is 0. The van der Waals surface area contributed by atoms with Crippen molar-refractivity contribution >= 4 is 6.29 Å². The van der Waals surface area contributed by atoms with Crippen LogP contribution in [0.5, 0.6) is 0 Å². The van der Waals surface area contributed by atoms with Gasteiger partial charge in [0.15, 0.2) is 0 Å². The molecular formula is C7H14O2. The van der Waals surface area contributed by atoms with Crippen LogP contribution >= 0.6 is 0 Å². The van der Waals surface area contributed by atoms with Gasteiger partial charge in [0, 0.05) is 13.2 Å². The number of allylic oxidation sites excluding steroid dienone is 1. The van der Waals surface area contributed by atoms with E-state index in [4.69, 9.17) is 9.53 Å². The van der Waals surface area contributed by atoms with E-state index in [1.165, 1.54) is 6.08 Å². The molecule has 2 nitrogen and oxygen atoms in total. The molecule has 0 saturated carbocycles. The highest BCUT2D eigenvalue weighted by molar-refractivity contribution is 5.63.